The van der Waals surface area contributed by atoms with Crippen LogP contribution in [0, 0.1) is 5.41 Å². The number of piperidine rings is 1. The van der Waals surface area contributed by atoms with E-state index in [0.29, 0.717) is 18.7 Å². The number of hydrogen-bond acceptors (Lipinski definition) is 3. The van der Waals surface area contributed by atoms with Crippen molar-refractivity contribution in [3.05, 3.63) is 0 Å². The minimum Gasteiger partial charge on any atom is -0.312 e. The molecular weight excluding hydrogens is 230 g/mol. The predicted molar refractivity (Wildman–Crippen MR) is 69.2 cm³/mol. The fraction of sp³-hybridized carbons (Fsp3) is 0.769. The van der Waals surface area contributed by atoms with Crippen molar-refractivity contribution < 1.29 is 9.59 Å². The predicted octanol–water partition coefficient (Wildman–Crippen LogP) is 0.990. The topological polar surface area (TPSA) is 70.6 Å². The van der Waals surface area contributed by atoms with Gasteiger partial charge in [-0.25, -0.2) is 0 Å². The number of aliphatic imine (C=N–C) groups is 1. The zero-order valence-electron chi connectivity index (χ0n) is 11.1. The van der Waals surface area contributed by atoms with Crippen molar-refractivity contribution in [1.29, 1.82) is 0 Å². The molecule has 0 spiro atoms. The van der Waals surface area contributed by atoms with Gasteiger partial charge in [-0.15, -0.1) is 0 Å². The van der Waals surface area contributed by atoms with Crippen molar-refractivity contribution in [2.24, 2.45) is 10.4 Å². The molecule has 1 atom stereocenters. The fourth-order valence-corrected chi connectivity index (χ4v) is 2.70. The molecule has 5 nitrogen and oxygen atoms in total. The highest BCUT2D eigenvalue weighted by molar-refractivity contribution is 6.19. The summed E-state index contributed by atoms with van der Waals surface area (Å²) in [4.78, 5) is 28.5. The Hall–Kier alpha value is -1.23. The van der Waals surface area contributed by atoms with Crippen molar-refractivity contribution in [2.45, 2.75) is 52.0 Å². The Bertz CT molecular complexity index is 380. The molecule has 2 rings (SSSR count). The number of amides is 2. The van der Waals surface area contributed by atoms with Gasteiger partial charge in [-0.3, -0.25) is 9.59 Å². The van der Waals surface area contributed by atoms with Gasteiger partial charge in [0.15, 0.2) is 0 Å². The van der Waals surface area contributed by atoms with E-state index in [1.54, 1.807) is 0 Å². The van der Waals surface area contributed by atoms with Crippen molar-refractivity contribution >= 4 is 17.6 Å². The number of hydrogen-bond donors (Lipinski definition) is 2. The van der Waals surface area contributed by atoms with Gasteiger partial charge in [0.1, 0.15) is 11.3 Å². The molecule has 0 radical (unpaired) electrons. The second-order valence-corrected chi connectivity index (χ2v) is 5.05. The molecule has 18 heavy (non-hydrogen) atoms. The van der Waals surface area contributed by atoms with Gasteiger partial charge in [0.05, 0.1) is 6.04 Å². The summed E-state index contributed by atoms with van der Waals surface area (Å²) < 4.78 is 0. The minimum absolute atomic E-state index is 0.0263. The first-order valence-electron chi connectivity index (χ1n) is 6.82. The van der Waals surface area contributed by atoms with Gasteiger partial charge in [0, 0.05) is 0 Å². The van der Waals surface area contributed by atoms with Gasteiger partial charge in [0.2, 0.25) is 5.91 Å². The van der Waals surface area contributed by atoms with Crippen molar-refractivity contribution in [2.75, 3.05) is 6.54 Å². The Kier molecular flexibility index (Phi) is 3.80. The van der Waals surface area contributed by atoms with Gasteiger partial charge in [-0.05, 0) is 32.2 Å². The molecule has 1 fully saturated rings. The summed E-state index contributed by atoms with van der Waals surface area (Å²) in [6.45, 7) is 4.64. The van der Waals surface area contributed by atoms with E-state index in [2.05, 4.69) is 15.6 Å². The summed E-state index contributed by atoms with van der Waals surface area (Å²) in [5.74, 6) is 0.0516. The second-order valence-electron chi connectivity index (χ2n) is 5.05. The number of nitrogens with one attached hydrogen (secondary N) is 2. The molecule has 0 aliphatic carbocycles. The van der Waals surface area contributed by atoms with E-state index in [-0.39, 0.29) is 17.9 Å². The average molecular weight is 251 g/mol. The Labute approximate surface area is 107 Å². The largest absolute Gasteiger partial charge is 0.312 e. The highest BCUT2D eigenvalue weighted by Gasteiger charge is 2.46. The molecular formula is C13H21N3O2. The third kappa shape index (κ3) is 2.07. The molecule has 5 heteroatoms. The highest BCUT2D eigenvalue weighted by atomic mass is 16.2. The minimum atomic E-state index is -0.946. The summed E-state index contributed by atoms with van der Waals surface area (Å²) >= 11 is 0. The van der Waals surface area contributed by atoms with E-state index in [4.69, 9.17) is 0 Å². The summed E-state index contributed by atoms with van der Waals surface area (Å²) in [5, 5.41) is 6.13. The maximum absolute atomic E-state index is 12.2. The SMILES string of the molecule is CCC1(CC)C(=O)N=C(C2CCCCN2)NC1=O. The third-order valence-electron chi connectivity index (χ3n) is 4.16. The molecule has 2 amide bonds. The molecule has 0 aromatic heterocycles. The molecule has 1 unspecified atom stereocenters. The van der Waals surface area contributed by atoms with Gasteiger partial charge in [-0.1, -0.05) is 20.3 Å². The molecule has 2 heterocycles. The van der Waals surface area contributed by atoms with E-state index < -0.39 is 5.41 Å². The Morgan fingerprint density at radius 3 is 2.50 bits per heavy atom. The molecule has 0 aromatic rings. The van der Waals surface area contributed by atoms with Gasteiger partial charge < -0.3 is 10.6 Å². The summed E-state index contributed by atoms with van der Waals surface area (Å²) in [6, 6.07) is 0.0263. The molecule has 2 aliphatic rings. The average Bonchev–Trinajstić information content (AvgIpc) is 2.40. The lowest BCUT2D eigenvalue weighted by Crippen LogP contribution is -2.57. The van der Waals surface area contributed by atoms with E-state index in [9.17, 15) is 9.59 Å². The fourth-order valence-electron chi connectivity index (χ4n) is 2.70. The highest BCUT2D eigenvalue weighted by Crippen LogP contribution is 2.31. The number of carbonyl (C=O) groups is 2. The Morgan fingerprint density at radius 1 is 1.28 bits per heavy atom. The van der Waals surface area contributed by atoms with Crippen molar-refractivity contribution in [1.82, 2.24) is 10.6 Å². The number of carbonyl (C=O) groups excluding carboxylic acids is 2. The molecule has 2 N–H and O–H groups in total. The van der Waals surface area contributed by atoms with Crippen LogP contribution in [0.15, 0.2) is 4.99 Å². The zero-order valence-corrected chi connectivity index (χ0v) is 11.1. The van der Waals surface area contributed by atoms with Crippen LogP contribution in [0.2, 0.25) is 0 Å². The van der Waals surface area contributed by atoms with Crippen LogP contribution in [0.25, 0.3) is 0 Å². The standard InChI is InChI=1S/C13H21N3O2/c1-3-13(4-2)11(17)15-10(16-12(13)18)9-7-5-6-8-14-9/h9,14H,3-8H2,1-2H3,(H,15,16,17,18). The Morgan fingerprint density at radius 2 is 2.00 bits per heavy atom. The normalized spacial score (nSPS) is 27.7. The summed E-state index contributed by atoms with van der Waals surface area (Å²) in [5.41, 5.74) is -0.946. The van der Waals surface area contributed by atoms with Crippen molar-refractivity contribution in [3.8, 4) is 0 Å². The van der Waals surface area contributed by atoms with Crippen LogP contribution in [-0.4, -0.2) is 30.2 Å². The molecule has 2 aliphatic heterocycles. The first-order valence-corrected chi connectivity index (χ1v) is 6.82. The van der Waals surface area contributed by atoms with E-state index in [1.807, 2.05) is 13.8 Å². The summed E-state index contributed by atoms with van der Waals surface area (Å²) in [7, 11) is 0. The first-order chi connectivity index (χ1) is 8.64. The zero-order chi connectivity index (χ0) is 13.2. The maximum atomic E-state index is 12.2. The number of amidine groups is 1. The lowest BCUT2D eigenvalue weighted by atomic mass is 9.79. The Balaban J connectivity index is 2.22. The van der Waals surface area contributed by atoms with Gasteiger partial charge >= 0.3 is 0 Å². The van der Waals surface area contributed by atoms with Crippen LogP contribution in [0.3, 0.4) is 0 Å². The van der Waals surface area contributed by atoms with E-state index >= 15 is 0 Å². The van der Waals surface area contributed by atoms with Crippen LogP contribution >= 0.6 is 0 Å². The summed E-state index contributed by atoms with van der Waals surface area (Å²) in [6.07, 6.45) is 4.18. The van der Waals surface area contributed by atoms with Crippen LogP contribution in [-0.2, 0) is 9.59 Å². The van der Waals surface area contributed by atoms with Gasteiger partial charge in [0.25, 0.3) is 5.91 Å². The van der Waals surface area contributed by atoms with Crippen LogP contribution < -0.4 is 10.6 Å². The molecule has 100 valence electrons. The lowest BCUT2D eigenvalue weighted by molar-refractivity contribution is -0.142. The number of rotatable bonds is 3. The van der Waals surface area contributed by atoms with E-state index in [0.717, 1.165) is 25.8 Å². The molecule has 1 saturated heterocycles. The van der Waals surface area contributed by atoms with Crippen LogP contribution in [0.4, 0.5) is 0 Å². The van der Waals surface area contributed by atoms with Gasteiger partial charge in [-0.2, -0.15) is 4.99 Å². The third-order valence-corrected chi connectivity index (χ3v) is 4.16. The molecule has 0 bridgehead atoms. The number of nitrogens with zero attached hydrogens (tertiary/aromatic N) is 1. The molecule has 0 saturated carbocycles. The molecule has 0 aromatic carbocycles. The first kappa shape index (κ1) is 13.2. The maximum Gasteiger partial charge on any atom is 0.263 e. The van der Waals surface area contributed by atoms with E-state index in [1.165, 1.54) is 0 Å². The quantitative estimate of drug-likeness (QED) is 0.735. The van der Waals surface area contributed by atoms with Crippen molar-refractivity contribution in [3.63, 3.8) is 0 Å². The van der Waals surface area contributed by atoms with Crippen LogP contribution in [0.1, 0.15) is 46.0 Å². The monoisotopic (exact) mass is 251 g/mol. The smallest absolute Gasteiger partial charge is 0.263 e. The van der Waals surface area contributed by atoms with Crippen LogP contribution in [0.5, 0.6) is 0 Å². The second kappa shape index (κ2) is 5.18. The lowest BCUT2D eigenvalue weighted by Gasteiger charge is -2.34.